The molecule has 0 aromatic heterocycles. The molecular weight excluding hydrogens is 367 g/mol. The Morgan fingerprint density at radius 3 is 1.00 bits per heavy atom. The molecule has 3 aromatic rings. The molecule has 23 heavy (non-hydrogen) atoms. The van der Waals surface area contributed by atoms with Crippen LogP contribution >= 0.6 is 7.26 Å². The van der Waals surface area contributed by atoms with E-state index in [9.17, 15) is 0 Å². The molecule has 0 amide bonds. The highest BCUT2D eigenvalue weighted by atomic mass is 79.9. The van der Waals surface area contributed by atoms with E-state index in [-0.39, 0.29) is 17.0 Å². The van der Waals surface area contributed by atoms with Crippen LogP contribution in [0.5, 0.6) is 0 Å². The SMILES string of the molecule is C[P+](c1ccccc1)(c1ccccc1)c1ccccc1.[Br-].[C]=O. The molecule has 0 saturated heterocycles. The monoisotopic (exact) mass is 384 g/mol. The van der Waals surface area contributed by atoms with Crippen molar-refractivity contribution in [3.8, 4) is 0 Å². The average molecular weight is 385 g/mol. The van der Waals surface area contributed by atoms with Gasteiger partial charge in [-0.25, -0.2) is 0 Å². The van der Waals surface area contributed by atoms with Crippen molar-refractivity contribution in [1.29, 1.82) is 0 Å². The van der Waals surface area contributed by atoms with Gasteiger partial charge in [-0.1, -0.05) is 54.6 Å². The van der Waals surface area contributed by atoms with E-state index in [1.165, 1.54) is 15.9 Å². The summed E-state index contributed by atoms with van der Waals surface area (Å²) in [4.78, 5) is 7.50. The molecule has 0 saturated carbocycles. The topological polar surface area (TPSA) is 17.1 Å². The molecule has 0 N–H and O–H groups in total. The first-order chi connectivity index (χ1) is 10.8. The second-order valence-corrected chi connectivity index (χ2v) is 8.57. The predicted octanol–water partition coefficient (Wildman–Crippen LogP) is 0.217. The third-order valence-electron chi connectivity index (χ3n) is 3.82. The molecular formula is C20H18BrOP. The highest BCUT2D eigenvalue weighted by molar-refractivity contribution is 7.95. The van der Waals surface area contributed by atoms with E-state index >= 15 is 0 Å². The Morgan fingerprint density at radius 1 is 0.565 bits per heavy atom. The quantitative estimate of drug-likeness (QED) is 0.590. The van der Waals surface area contributed by atoms with Gasteiger partial charge in [0.25, 0.3) is 6.79 Å². The van der Waals surface area contributed by atoms with Crippen molar-refractivity contribution in [2.24, 2.45) is 0 Å². The van der Waals surface area contributed by atoms with Crippen molar-refractivity contribution >= 4 is 30.0 Å². The van der Waals surface area contributed by atoms with Crippen LogP contribution in [0.4, 0.5) is 0 Å². The van der Waals surface area contributed by atoms with Gasteiger partial charge in [0, 0.05) is 0 Å². The lowest BCUT2D eigenvalue weighted by molar-refractivity contribution is -0.00000534. The van der Waals surface area contributed by atoms with Crippen LogP contribution in [-0.4, -0.2) is 13.5 Å². The van der Waals surface area contributed by atoms with Crippen molar-refractivity contribution in [1.82, 2.24) is 0 Å². The number of rotatable bonds is 3. The van der Waals surface area contributed by atoms with Crippen molar-refractivity contribution < 1.29 is 21.8 Å². The van der Waals surface area contributed by atoms with Crippen molar-refractivity contribution in [3.63, 3.8) is 0 Å². The fraction of sp³-hybridized carbons (Fsp3) is 0.0500. The maximum atomic E-state index is 7.50. The lowest BCUT2D eigenvalue weighted by atomic mass is 10.4. The molecule has 116 valence electrons. The van der Waals surface area contributed by atoms with Crippen LogP contribution in [0.3, 0.4) is 0 Å². The number of hydrogen-bond donors (Lipinski definition) is 0. The van der Waals surface area contributed by atoms with Gasteiger partial charge in [-0.15, -0.1) is 0 Å². The molecule has 3 aromatic carbocycles. The van der Waals surface area contributed by atoms with E-state index in [2.05, 4.69) is 104 Å². The van der Waals surface area contributed by atoms with E-state index in [1.54, 1.807) is 0 Å². The first-order valence-electron chi connectivity index (χ1n) is 7.05. The Morgan fingerprint density at radius 2 is 0.783 bits per heavy atom. The van der Waals surface area contributed by atoms with E-state index in [1.807, 2.05) is 0 Å². The van der Waals surface area contributed by atoms with E-state index < -0.39 is 7.26 Å². The zero-order chi connectivity index (χ0) is 15.8. The molecule has 0 aliphatic carbocycles. The summed E-state index contributed by atoms with van der Waals surface area (Å²) in [5.41, 5.74) is 0. The minimum Gasteiger partial charge on any atom is -1.00 e. The third kappa shape index (κ3) is 4.16. The fourth-order valence-electron chi connectivity index (χ4n) is 2.63. The summed E-state index contributed by atoms with van der Waals surface area (Å²) in [7, 11) is -1.53. The lowest BCUT2D eigenvalue weighted by Crippen LogP contribution is -3.00. The van der Waals surface area contributed by atoms with Crippen molar-refractivity contribution in [3.05, 3.63) is 91.0 Å². The number of benzene rings is 3. The van der Waals surface area contributed by atoms with Crippen molar-refractivity contribution in [2.45, 2.75) is 0 Å². The summed E-state index contributed by atoms with van der Waals surface area (Å²) in [6.45, 7) is 6.91. The van der Waals surface area contributed by atoms with Crippen LogP contribution in [0.2, 0.25) is 0 Å². The summed E-state index contributed by atoms with van der Waals surface area (Å²) >= 11 is 0. The summed E-state index contributed by atoms with van der Waals surface area (Å²) < 4.78 is 0. The summed E-state index contributed by atoms with van der Waals surface area (Å²) in [6, 6.07) is 32.6. The fourth-order valence-corrected chi connectivity index (χ4v) is 5.83. The molecule has 0 spiro atoms. The molecule has 0 atom stereocenters. The van der Waals surface area contributed by atoms with Gasteiger partial charge in [-0.05, 0) is 36.4 Å². The second kappa shape index (κ2) is 9.39. The van der Waals surface area contributed by atoms with Gasteiger partial charge in [-0.2, -0.15) is 0 Å². The molecule has 0 heterocycles. The Balaban J connectivity index is 0.000000849. The van der Waals surface area contributed by atoms with Crippen LogP contribution in [0.1, 0.15) is 0 Å². The van der Waals surface area contributed by atoms with Crippen LogP contribution in [0.25, 0.3) is 0 Å². The summed E-state index contributed by atoms with van der Waals surface area (Å²) in [5, 5.41) is 4.28. The standard InChI is InChI=1S/C19H18P.CO.BrH/c1-20(17-11-5-2-6-12-17,18-13-7-3-8-14-18)19-15-9-4-10-16-19;1-2;/h2-16H,1H3;;1H/q+1;;/p-1. The molecule has 1 nitrogen and oxygen atoms in total. The Bertz CT molecular complexity index is 590. The van der Waals surface area contributed by atoms with Gasteiger partial charge in [0.1, 0.15) is 23.2 Å². The molecule has 0 bridgehead atoms. The minimum atomic E-state index is -1.53. The van der Waals surface area contributed by atoms with Crippen LogP contribution in [0, 0.1) is 0 Å². The molecule has 0 fully saturated rings. The van der Waals surface area contributed by atoms with Gasteiger partial charge in [0.2, 0.25) is 0 Å². The largest absolute Gasteiger partial charge is 1.00 e. The van der Waals surface area contributed by atoms with Gasteiger partial charge in [0.05, 0.1) is 6.66 Å². The maximum absolute atomic E-state index is 7.50. The third-order valence-corrected chi connectivity index (χ3v) is 7.81. The Labute approximate surface area is 149 Å². The smallest absolute Gasteiger partial charge is 0.281 e. The van der Waals surface area contributed by atoms with Crippen molar-refractivity contribution in [2.75, 3.05) is 6.66 Å². The summed E-state index contributed by atoms with van der Waals surface area (Å²) in [6.07, 6.45) is 0. The van der Waals surface area contributed by atoms with Gasteiger partial charge >= 0.3 is 0 Å². The zero-order valence-electron chi connectivity index (χ0n) is 12.9. The highest BCUT2D eigenvalue weighted by Gasteiger charge is 2.39. The van der Waals surface area contributed by atoms with Gasteiger partial charge in [-0.3, -0.25) is 4.79 Å². The predicted molar refractivity (Wildman–Crippen MR) is 96.8 cm³/mol. The second-order valence-electron chi connectivity index (χ2n) is 5.01. The van der Waals surface area contributed by atoms with Crippen LogP contribution in [-0.2, 0) is 4.79 Å². The normalized spacial score (nSPS) is 9.96. The molecule has 0 aliphatic heterocycles. The molecule has 3 rings (SSSR count). The Hall–Kier alpha value is -1.76. The van der Waals surface area contributed by atoms with Gasteiger partial charge in [0.15, 0.2) is 0 Å². The van der Waals surface area contributed by atoms with E-state index in [0.717, 1.165) is 0 Å². The van der Waals surface area contributed by atoms with Crippen LogP contribution in [0.15, 0.2) is 91.0 Å². The first kappa shape index (κ1) is 19.3. The number of hydrogen-bond acceptors (Lipinski definition) is 1. The Kier molecular flexibility index (Phi) is 7.88. The van der Waals surface area contributed by atoms with Crippen LogP contribution < -0.4 is 32.9 Å². The number of carbonyl (C=O) groups excluding carboxylic acids is 1. The van der Waals surface area contributed by atoms with E-state index in [0.29, 0.717) is 0 Å². The molecule has 0 aliphatic rings. The molecule has 0 unspecified atom stereocenters. The highest BCUT2D eigenvalue weighted by Crippen LogP contribution is 2.51. The first-order valence-corrected chi connectivity index (χ1v) is 9.29. The molecule has 3 heteroatoms. The average Bonchev–Trinajstić information content (AvgIpc) is 2.65. The summed E-state index contributed by atoms with van der Waals surface area (Å²) in [5.74, 6) is 0. The number of halogens is 1. The minimum absolute atomic E-state index is 0. The lowest BCUT2D eigenvalue weighted by Gasteiger charge is -2.22. The van der Waals surface area contributed by atoms with Gasteiger partial charge < -0.3 is 17.0 Å². The molecule has 2 radical (unpaired) electrons. The zero-order valence-corrected chi connectivity index (χ0v) is 15.4. The maximum Gasteiger partial charge on any atom is 0.281 e. The van der Waals surface area contributed by atoms with E-state index in [4.69, 9.17) is 4.79 Å².